The molecular weight excluding hydrogens is 394 g/mol. The van der Waals surface area contributed by atoms with E-state index in [0.29, 0.717) is 35.7 Å². The molecule has 0 spiro atoms. The molecule has 3 rings (SSSR count). The fraction of sp³-hybridized carbons (Fsp3) is 0.300. The Hall–Kier alpha value is -2.91. The molecule has 29 heavy (non-hydrogen) atoms. The number of ether oxygens (including phenoxy) is 1. The summed E-state index contributed by atoms with van der Waals surface area (Å²) >= 11 is 0. The summed E-state index contributed by atoms with van der Waals surface area (Å²) in [5, 5.41) is 5.24. The first kappa shape index (κ1) is 20.8. The topological polar surface area (TPSA) is 105 Å². The van der Waals surface area contributed by atoms with Gasteiger partial charge < -0.3 is 15.4 Å². The van der Waals surface area contributed by atoms with Gasteiger partial charge in [-0.2, -0.15) is 4.31 Å². The number of hydrogen-bond acceptors (Lipinski definition) is 5. The average Bonchev–Trinajstić information content (AvgIpc) is 3.29. The summed E-state index contributed by atoms with van der Waals surface area (Å²) in [6, 6.07) is 10.5. The number of hydrogen-bond donors (Lipinski definition) is 2. The molecule has 0 unspecified atom stereocenters. The molecule has 9 heteroatoms. The minimum absolute atomic E-state index is 0.170. The minimum atomic E-state index is -3.52. The van der Waals surface area contributed by atoms with E-state index in [1.165, 1.54) is 48.8 Å². The van der Waals surface area contributed by atoms with E-state index >= 15 is 0 Å². The molecule has 1 aliphatic heterocycles. The molecule has 0 bridgehead atoms. The summed E-state index contributed by atoms with van der Waals surface area (Å²) in [5.74, 6) is -0.343. The number of carbonyl (C=O) groups is 2. The van der Waals surface area contributed by atoms with Gasteiger partial charge in [-0.1, -0.05) is 0 Å². The van der Waals surface area contributed by atoms with Gasteiger partial charge in [0.15, 0.2) is 0 Å². The van der Waals surface area contributed by atoms with Gasteiger partial charge in [0.05, 0.1) is 17.7 Å². The van der Waals surface area contributed by atoms with Gasteiger partial charge in [-0.05, 0) is 55.3 Å². The molecule has 2 amide bonds. The van der Waals surface area contributed by atoms with E-state index in [2.05, 4.69) is 10.6 Å². The average molecular weight is 417 g/mol. The van der Waals surface area contributed by atoms with E-state index < -0.39 is 15.9 Å². The molecule has 1 saturated heterocycles. The van der Waals surface area contributed by atoms with E-state index in [1.807, 2.05) is 0 Å². The molecule has 1 aliphatic rings. The summed E-state index contributed by atoms with van der Waals surface area (Å²) in [7, 11) is -0.555. The molecular formula is C20H23N3O5S. The molecule has 8 nitrogen and oxygen atoms in total. The van der Waals surface area contributed by atoms with Crippen molar-refractivity contribution in [3.63, 3.8) is 0 Å². The Morgan fingerprint density at radius 2 is 1.59 bits per heavy atom. The van der Waals surface area contributed by atoms with Crippen molar-refractivity contribution in [1.29, 1.82) is 0 Å². The van der Waals surface area contributed by atoms with Crippen LogP contribution < -0.4 is 15.4 Å². The van der Waals surface area contributed by atoms with Crippen molar-refractivity contribution in [3.8, 4) is 5.75 Å². The van der Waals surface area contributed by atoms with Crippen LogP contribution in [0.3, 0.4) is 0 Å². The van der Waals surface area contributed by atoms with Gasteiger partial charge in [0.2, 0.25) is 10.0 Å². The highest BCUT2D eigenvalue weighted by molar-refractivity contribution is 7.89. The number of sulfonamides is 1. The number of carbonyl (C=O) groups excluding carboxylic acids is 2. The maximum Gasteiger partial charge on any atom is 0.255 e. The van der Waals surface area contributed by atoms with Crippen LogP contribution in [0.1, 0.15) is 33.6 Å². The van der Waals surface area contributed by atoms with Crippen molar-refractivity contribution in [1.82, 2.24) is 9.62 Å². The van der Waals surface area contributed by atoms with Crippen LogP contribution in [-0.2, 0) is 10.0 Å². The van der Waals surface area contributed by atoms with Crippen LogP contribution >= 0.6 is 0 Å². The van der Waals surface area contributed by atoms with Crippen molar-refractivity contribution in [3.05, 3.63) is 53.6 Å². The van der Waals surface area contributed by atoms with Crippen molar-refractivity contribution in [2.45, 2.75) is 17.7 Å². The SMILES string of the molecule is CNC(=O)c1ccc(NC(=O)c2ccc(S(=O)(=O)N3CCCC3)cc2)c(OC)c1. The van der Waals surface area contributed by atoms with Gasteiger partial charge >= 0.3 is 0 Å². The van der Waals surface area contributed by atoms with E-state index in [0.717, 1.165) is 12.8 Å². The molecule has 154 valence electrons. The first-order valence-corrected chi connectivity index (χ1v) is 10.6. The number of nitrogens with zero attached hydrogens (tertiary/aromatic N) is 1. The van der Waals surface area contributed by atoms with Crippen molar-refractivity contribution < 1.29 is 22.7 Å². The van der Waals surface area contributed by atoms with Gasteiger partial charge in [0.1, 0.15) is 5.75 Å². The summed E-state index contributed by atoms with van der Waals surface area (Å²) in [6.07, 6.45) is 1.72. The van der Waals surface area contributed by atoms with Crippen molar-refractivity contribution in [2.24, 2.45) is 0 Å². The highest BCUT2D eigenvalue weighted by Gasteiger charge is 2.27. The third kappa shape index (κ3) is 4.41. The third-order valence-electron chi connectivity index (χ3n) is 4.76. The summed E-state index contributed by atoms with van der Waals surface area (Å²) in [4.78, 5) is 24.5. The van der Waals surface area contributed by atoms with Crippen LogP contribution in [0.2, 0.25) is 0 Å². The van der Waals surface area contributed by atoms with Crippen LogP contribution in [0.25, 0.3) is 0 Å². The Morgan fingerprint density at radius 3 is 2.17 bits per heavy atom. The van der Waals surface area contributed by atoms with E-state index in [-0.39, 0.29) is 10.8 Å². The molecule has 1 fully saturated rings. The molecule has 2 aromatic rings. The van der Waals surface area contributed by atoms with Crippen LogP contribution in [0.4, 0.5) is 5.69 Å². The lowest BCUT2D eigenvalue weighted by atomic mass is 10.1. The lowest BCUT2D eigenvalue weighted by Gasteiger charge is -2.15. The fourth-order valence-corrected chi connectivity index (χ4v) is 4.65. The Kier molecular flexibility index (Phi) is 6.19. The molecule has 2 aromatic carbocycles. The van der Waals surface area contributed by atoms with Crippen LogP contribution in [0.15, 0.2) is 47.4 Å². The molecule has 0 radical (unpaired) electrons. The highest BCUT2D eigenvalue weighted by Crippen LogP contribution is 2.27. The molecule has 0 aliphatic carbocycles. The highest BCUT2D eigenvalue weighted by atomic mass is 32.2. The Labute approximate surface area is 169 Å². The van der Waals surface area contributed by atoms with Gasteiger partial charge in [0.25, 0.3) is 11.8 Å². The quantitative estimate of drug-likeness (QED) is 0.749. The smallest absolute Gasteiger partial charge is 0.255 e. The monoisotopic (exact) mass is 417 g/mol. The second kappa shape index (κ2) is 8.62. The number of benzene rings is 2. The normalized spacial score (nSPS) is 14.4. The molecule has 0 saturated carbocycles. The predicted molar refractivity (Wildman–Crippen MR) is 109 cm³/mol. The van der Waals surface area contributed by atoms with Gasteiger partial charge in [-0.15, -0.1) is 0 Å². The Bertz CT molecular complexity index is 1010. The van der Waals surface area contributed by atoms with Gasteiger partial charge in [-0.3, -0.25) is 9.59 Å². The van der Waals surface area contributed by atoms with Crippen molar-refractivity contribution in [2.75, 3.05) is 32.6 Å². The second-order valence-corrected chi connectivity index (χ2v) is 8.52. The fourth-order valence-electron chi connectivity index (χ4n) is 3.13. The summed E-state index contributed by atoms with van der Waals surface area (Å²) in [6.45, 7) is 1.05. The van der Waals surface area contributed by atoms with Gasteiger partial charge in [0, 0.05) is 31.3 Å². The lowest BCUT2D eigenvalue weighted by molar-refractivity contribution is 0.0962. The van der Waals surface area contributed by atoms with Crippen LogP contribution in [0, 0.1) is 0 Å². The predicted octanol–water partition coefficient (Wildman–Crippen LogP) is 2.09. The zero-order valence-corrected chi connectivity index (χ0v) is 17.1. The Morgan fingerprint density at radius 1 is 0.966 bits per heavy atom. The third-order valence-corrected chi connectivity index (χ3v) is 6.67. The number of rotatable bonds is 6. The second-order valence-electron chi connectivity index (χ2n) is 6.58. The minimum Gasteiger partial charge on any atom is -0.495 e. The maximum atomic E-state index is 12.6. The lowest BCUT2D eigenvalue weighted by Crippen LogP contribution is -2.27. The van der Waals surface area contributed by atoms with Crippen LogP contribution in [0.5, 0.6) is 5.75 Å². The zero-order valence-electron chi connectivity index (χ0n) is 16.3. The molecule has 2 N–H and O–H groups in total. The zero-order chi connectivity index (χ0) is 21.0. The van der Waals surface area contributed by atoms with E-state index in [1.54, 1.807) is 12.1 Å². The van der Waals surface area contributed by atoms with E-state index in [4.69, 9.17) is 4.74 Å². The van der Waals surface area contributed by atoms with E-state index in [9.17, 15) is 18.0 Å². The summed E-state index contributed by atoms with van der Waals surface area (Å²) in [5.41, 5.74) is 1.11. The first-order valence-electron chi connectivity index (χ1n) is 9.18. The largest absolute Gasteiger partial charge is 0.495 e. The van der Waals surface area contributed by atoms with Crippen molar-refractivity contribution >= 4 is 27.5 Å². The number of anilines is 1. The number of methoxy groups -OCH3 is 1. The summed E-state index contributed by atoms with van der Waals surface area (Å²) < 4.78 is 31.9. The number of nitrogens with one attached hydrogen (secondary N) is 2. The molecule has 0 atom stereocenters. The standard InChI is InChI=1S/C20H23N3O5S/c1-21-19(24)15-7-10-17(18(13-15)28-2)22-20(25)14-5-8-16(9-6-14)29(26,27)23-11-3-4-12-23/h5-10,13H,3-4,11-12H2,1-2H3,(H,21,24)(H,22,25). The molecule has 1 heterocycles. The van der Waals surface area contributed by atoms with Gasteiger partial charge in [-0.25, -0.2) is 8.42 Å². The first-order chi connectivity index (χ1) is 13.9. The molecule has 0 aromatic heterocycles. The maximum absolute atomic E-state index is 12.6. The number of amides is 2. The van der Waals surface area contributed by atoms with Crippen LogP contribution in [-0.4, -0.2) is 51.8 Å². The Balaban J connectivity index is 1.77.